The number of rotatable bonds is 0. The maximum absolute atomic E-state index is 4.60. The molecule has 0 saturated heterocycles. The van der Waals surface area contributed by atoms with Gasteiger partial charge in [-0.1, -0.05) is 62.4 Å². The van der Waals surface area contributed by atoms with Gasteiger partial charge in [0.25, 0.3) is 0 Å². The average molecular weight is 295 g/mol. The van der Waals surface area contributed by atoms with Crippen LogP contribution in [0.1, 0.15) is 25.0 Å². The van der Waals surface area contributed by atoms with Crippen molar-refractivity contribution in [3.05, 3.63) is 78.0 Å². The Morgan fingerprint density at radius 2 is 1.65 bits per heavy atom. The average Bonchev–Trinajstić information content (AvgIpc) is 2.59. The second-order valence-corrected chi connectivity index (χ2v) is 6.89. The van der Waals surface area contributed by atoms with Gasteiger partial charge >= 0.3 is 0 Å². The summed E-state index contributed by atoms with van der Waals surface area (Å²) in [5, 5.41) is 3.94. The van der Waals surface area contributed by atoms with Crippen LogP contribution < -0.4 is 0 Å². The normalized spacial score (nSPS) is 14.9. The molecule has 0 N–H and O–H groups in total. The lowest BCUT2D eigenvalue weighted by atomic mass is 9.68. The second-order valence-electron chi connectivity index (χ2n) is 6.89. The molecule has 3 aromatic carbocycles. The van der Waals surface area contributed by atoms with Crippen molar-refractivity contribution in [1.29, 1.82) is 0 Å². The molecule has 1 aliphatic carbocycles. The van der Waals surface area contributed by atoms with Crippen LogP contribution in [0.25, 0.3) is 32.8 Å². The van der Waals surface area contributed by atoms with Crippen molar-refractivity contribution in [3.8, 4) is 11.1 Å². The molecule has 23 heavy (non-hydrogen) atoms. The van der Waals surface area contributed by atoms with Crippen LogP contribution in [-0.4, -0.2) is 4.98 Å². The predicted octanol–water partition coefficient (Wildman–Crippen LogP) is 5.69. The van der Waals surface area contributed by atoms with E-state index in [1.807, 2.05) is 6.20 Å². The van der Waals surface area contributed by atoms with E-state index in [2.05, 4.69) is 79.5 Å². The summed E-state index contributed by atoms with van der Waals surface area (Å²) in [6.07, 6.45) is 1.94. The fourth-order valence-corrected chi connectivity index (χ4v) is 4.16. The first kappa shape index (κ1) is 12.8. The van der Waals surface area contributed by atoms with Crippen molar-refractivity contribution in [2.75, 3.05) is 0 Å². The van der Waals surface area contributed by atoms with Gasteiger partial charge in [0.15, 0.2) is 0 Å². The highest BCUT2D eigenvalue weighted by atomic mass is 14.7. The van der Waals surface area contributed by atoms with Crippen LogP contribution in [0, 0.1) is 0 Å². The highest BCUT2D eigenvalue weighted by molar-refractivity contribution is 6.09. The maximum Gasteiger partial charge on any atom is 0.0711 e. The molecule has 0 unspecified atom stereocenters. The molecule has 0 atom stereocenters. The lowest BCUT2D eigenvalue weighted by Gasteiger charge is -2.35. The first-order chi connectivity index (χ1) is 11.2. The van der Waals surface area contributed by atoms with E-state index >= 15 is 0 Å². The van der Waals surface area contributed by atoms with Crippen LogP contribution in [-0.2, 0) is 5.41 Å². The summed E-state index contributed by atoms with van der Waals surface area (Å²) >= 11 is 0. The third kappa shape index (κ3) is 1.54. The molecule has 0 fully saturated rings. The van der Waals surface area contributed by atoms with Crippen molar-refractivity contribution in [2.24, 2.45) is 0 Å². The van der Waals surface area contributed by atoms with Crippen molar-refractivity contribution < 1.29 is 0 Å². The van der Waals surface area contributed by atoms with E-state index in [1.165, 1.54) is 38.4 Å². The molecule has 4 aromatic rings. The van der Waals surface area contributed by atoms with Crippen LogP contribution in [0.5, 0.6) is 0 Å². The summed E-state index contributed by atoms with van der Waals surface area (Å²) in [5.41, 5.74) is 6.54. The smallest absolute Gasteiger partial charge is 0.0711 e. The fraction of sp³-hybridized carbons (Fsp3) is 0.136. The number of hydrogen-bond donors (Lipinski definition) is 0. The second kappa shape index (κ2) is 4.20. The summed E-state index contributed by atoms with van der Waals surface area (Å²) in [6, 6.07) is 21.9. The molecule has 0 aliphatic heterocycles. The van der Waals surface area contributed by atoms with Crippen molar-refractivity contribution in [2.45, 2.75) is 19.3 Å². The Balaban J connectivity index is 2.09. The van der Waals surface area contributed by atoms with Crippen LogP contribution in [0.15, 0.2) is 66.9 Å². The number of fused-ring (bicyclic) bond motifs is 4. The molecule has 1 heterocycles. The standard InChI is InChI=1S/C22H17N/c1-22(2)17-8-5-9-19-21(17)16(12-13-23-19)20-15-7-4-3-6-14(15)10-11-18(20)22/h3-13H,1-2H3. The Bertz CT molecular complexity index is 1080. The van der Waals surface area contributed by atoms with Gasteiger partial charge < -0.3 is 0 Å². The quantitative estimate of drug-likeness (QED) is 0.406. The van der Waals surface area contributed by atoms with Crippen molar-refractivity contribution >= 4 is 21.7 Å². The van der Waals surface area contributed by atoms with Gasteiger partial charge in [-0.15, -0.1) is 0 Å². The van der Waals surface area contributed by atoms with Gasteiger partial charge in [-0.3, -0.25) is 4.98 Å². The van der Waals surface area contributed by atoms with Gasteiger partial charge in [0, 0.05) is 17.0 Å². The topological polar surface area (TPSA) is 12.9 Å². The summed E-state index contributed by atoms with van der Waals surface area (Å²) < 4.78 is 0. The molecule has 0 radical (unpaired) electrons. The molecular weight excluding hydrogens is 278 g/mol. The van der Waals surface area contributed by atoms with Gasteiger partial charge in [0.1, 0.15) is 0 Å². The lowest BCUT2D eigenvalue weighted by Crippen LogP contribution is -2.23. The summed E-state index contributed by atoms with van der Waals surface area (Å²) in [6.45, 7) is 4.65. The Labute approximate surface area is 135 Å². The van der Waals surface area contributed by atoms with E-state index in [9.17, 15) is 0 Å². The highest BCUT2D eigenvalue weighted by Crippen LogP contribution is 2.50. The van der Waals surface area contributed by atoms with Gasteiger partial charge in [-0.2, -0.15) is 0 Å². The predicted molar refractivity (Wildman–Crippen MR) is 96.8 cm³/mol. The number of pyridine rings is 1. The van der Waals surface area contributed by atoms with Gasteiger partial charge in [-0.05, 0) is 45.2 Å². The Morgan fingerprint density at radius 1 is 0.783 bits per heavy atom. The van der Waals surface area contributed by atoms with Crippen molar-refractivity contribution in [3.63, 3.8) is 0 Å². The Hall–Kier alpha value is -2.67. The minimum atomic E-state index is -0.0189. The number of nitrogens with zero attached hydrogens (tertiary/aromatic N) is 1. The van der Waals surface area contributed by atoms with Crippen LogP contribution in [0.2, 0.25) is 0 Å². The van der Waals surface area contributed by atoms with E-state index in [-0.39, 0.29) is 5.41 Å². The maximum atomic E-state index is 4.60. The Kier molecular flexibility index (Phi) is 2.34. The molecule has 0 bridgehead atoms. The minimum Gasteiger partial charge on any atom is -0.256 e. The molecule has 110 valence electrons. The monoisotopic (exact) mass is 295 g/mol. The third-order valence-corrected chi connectivity index (χ3v) is 5.31. The van der Waals surface area contributed by atoms with Crippen LogP contribution in [0.3, 0.4) is 0 Å². The van der Waals surface area contributed by atoms with Gasteiger partial charge in [0.2, 0.25) is 0 Å². The zero-order chi connectivity index (χ0) is 15.6. The lowest BCUT2D eigenvalue weighted by molar-refractivity contribution is 0.646. The zero-order valence-corrected chi connectivity index (χ0v) is 13.3. The molecule has 0 amide bonds. The first-order valence-corrected chi connectivity index (χ1v) is 8.09. The van der Waals surface area contributed by atoms with E-state index in [0.717, 1.165) is 5.52 Å². The molecule has 0 spiro atoms. The van der Waals surface area contributed by atoms with Crippen LogP contribution >= 0.6 is 0 Å². The fourth-order valence-electron chi connectivity index (χ4n) is 4.16. The third-order valence-electron chi connectivity index (χ3n) is 5.31. The van der Waals surface area contributed by atoms with E-state index in [0.29, 0.717) is 0 Å². The zero-order valence-electron chi connectivity index (χ0n) is 13.3. The summed E-state index contributed by atoms with van der Waals surface area (Å²) in [4.78, 5) is 4.60. The number of benzene rings is 3. The van der Waals surface area contributed by atoms with Crippen molar-refractivity contribution in [1.82, 2.24) is 4.98 Å². The van der Waals surface area contributed by atoms with E-state index in [1.54, 1.807) is 0 Å². The van der Waals surface area contributed by atoms with Gasteiger partial charge in [0.05, 0.1) is 5.52 Å². The molecular formula is C22H17N. The highest BCUT2D eigenvalue weighted by Gasteiger charge is 2.34. The SMILES string of the molecule is CC1(C)c2ccc3ccccc3c2-c2ccnc3cccc1c23. The van der Waals surface area contributed by atoms with E-state index < -0.39 is 0 Å². The Morgan fingerprint density at radius 3 is 2.57 bits per heavy atom. The molecule has 5 rings (SSSR count). The molecule has 1 aliphatic rings. The molecule has 1 aromatic heterocycles. The summed E-state index contributed by atoms with van der Waals surface area (Å²) in [7, 11) is 0. The molecule has 0 saturated carbocycles. The summed E-state index contributed by atoms with van der Waals surface area (Å²) in [5.74, 6) is 0. The number of hydrogen-bond acceptors (Lipinski definition) is 1. The van der Waals surface area contributed by atoms with Crippen LogP contribution in [0.4, 0.5) is 0 Å². The van der Waals surface area contributed by atoms with E-state index in [4.69, 9.17) is 0 Å². The molecule has 1 heteroatoms. The molecule has 1 nitrogen and oxygen atoms in total. The largest absolute Gasteiger partial charge is 0.256 e. The number of aromatic nitrogens is 1. The van der Waals surface area contributed by atoms with Gasteiger partial charge in [-0.25, -0.2) is 0 Å². The minimum absolute atomic E-state index is 0.0189. The first-order valence-electron chi connectivity index (χ1n) is 8.09.